The van der Waals surface area contributed by atoms with Crippen molar-refractivity contribution >= 4 is 22.2 Å². The summed E-state index contributed by atoms with van der Waals surface area (Å²) in [6.07, 6.45) is 0.852. The molecule has 1 aromatic rings. The number of carbonyl (C=O) groups is 1. The molecule has 2 nitrogen and oxygen atoms in total. The number of aldehydes is 1. The molecule has 0 saturated heterocycles. The van der Waals surface area contributed by atoms with Crippen LogP contribution in [0.2, 0.25) is 0 Å². The van der Waals surface area contributed by atoms with Crippen LogP contribution in [-0.4, -0.2) is 12.9 Å². The van der Waals surface area contributed by atoms with E-state index >= 15 is 0 Å². The van der Waals surface area contributed by atoms with Crippen LogP contribution in [0.15, 0.2) is 24.3 Å². The Morgan fingerprint density at radius 2 is 2.38 bits per heavy atom. The monoisotopic (exact) mass is 242 g/mol. The number of halogens is 1. The highest BCUT2D eigenvalue weighted by atomic mass is 79.9. The summed E-state index contributed by atoms with van der Waals surface area (Å²) in [5.74, 6) is 0.798. The summed E-state index contributed by atoms with van der Waals surface area (Å²) in [4.78, 5) is 10.2. The van der Waals surface area contributed by atoms with Gasteiger partial charge in [-0.15, -0.1) is 0 Å². The van der Waals surface area contributed by atoms with E-state index in [-0.39, 0.29) is 4.83 Å². The fourth-order valence-corrected chi connectivity index (χ4v) is 1.31. The molecule has 1 atom stereocenters. The molecule has 0 radical (unpaired) electrons. The third-order valence-corrected chi connectivity index (χ3v) is 2.35. The molecule has 1 unspecified atom stereocenters. The van der Waals surface area contributed by atoms with E-state index in [1.165, 1.54) is 0 Å². The molecule has 1 aromatic carbocycles. The summed E-state index contributed by atoms with van der Waals surface area (Å²) in [5, 5.41) is 0. The van der Waals surface area contributed by atoms with Crippen LogP contribution in [-0.2, 0) is 4.79 Å². The van der Waals surface area contributed by atoms with E-state index in [1.54, 1.807) is 0 Å². The first-order valence-corrected chi connectivity index (χ1v) is 5.01. The lowest BCUT2D eigenvalue weighted by Crippen LogP contribution is -1.94. The normalized spacial score (nSPS) is 12.2. The molecule has 0 amide bonds. The Kier molecular flexibility index (Phi) is 3.96. The molecule has 0 spiro atoms. The lowest BCUT2D eigenvalue weighted by atomic mass is 10.1. The van der Waals surface area contributed by atoms with Gasteiger partial charge in [0.25, 0.3) is 0 Å². The van der Waals surface area contributed by atoms with Crippen molar-refractivity contribution in [2.45, 2.75) is 11.8 Å². The molecule has 0 N–H and O–H groups in total. The van der Waals surface area contributed by atoms with Gasteiger partial charge in [-0.05, 0) is 24.6 Å². The van der Waals surface area contributed by atoms with E-state index < -0.39 is 0 Å². The quantitative estimate of drug-likeness (QED) is 0.600. The first-order chi connectivity index (χ1) is 6.27. The van der Waals surface area contributed by atoms with E-state index in [2.05, 4.69) is 15.9 Å². The summed E-state index contributed by atoms with van der Waals surface area (Å²) in [7, 11) is 0. The topological polar surface area (TPSA) is 26.3 Å². The van der Waals surface area contributed by atoms with Crippen LogP contribution < -0.4 is 4.74 Å². The van der Waals surface area contributed by atoms with Crippen molar-refractivity contribution in [3.05, 3.63) is 29.8 Å². The van der Waals surface area contributed by atoms with Crippen LogP contribution >= 0.6 is 15.9 Å². The maximum absolute atomic E-state index is 10.5. The van der Waals surface area contributed by atoms with E-state index in [0.717, 1.165) is 17.6 Å². The van der Waals surface area contributed by atoms with Gasteiger partial charge in [0.15, 0.2) is 0 Å². The van der Waals surface area contributed by atoms with Crippen molar-refractivity contribution in [2.75, 3.05) is 6.61 Å². The average molecular weight is 243 g/mol. The molecule has 3 heteroatoms. The van der Waals surface area contributed by atoms with Crippen LogP contribution in [0.1, 0.15) is 17.3 Å². The van der Waals surface area contributed by atoms with Crippen LogP contribution in [0.3, 0.4) is 0 Å². The van der Waals surface area contributed by atoms with Crippen molar-refractivity contribution in [3.8, 4) is 5.75 Å². The Morgan fingerprint density at radius 1 is 1.62 bits per heavy atom. The van der Waals surface area contributed by atoms with Gasteiger partial charge in [0.05, 0.1) is 11.4 Å². The largest absolute Gasteiger partial charge is 0.494 e. The molecule has 0 heterocycles. The smallest absolute Gasteiger partial charge is 0.138 e. The number of hydrogen-bond acceptors (Lipinski definition) is 2. The van der Waals surface area contributed by atoms with Crippen LogP contribution in [0, 0.1) is 0 Å². The summed E-state index contributed by atoms with van der Waals surface area (Å²) >= 11 is 3.25. The number of ether oxygens (including phenoxy) is 1. The molecule has 0 aliphatic rings. The minimum atomic E-state index is -0.243. The Morgan fingerprint density at radius 3 is 3.00 bits per heavy atom. The molecular weight excluding hydrogens is 232 g/mol. The number of carbonyl (C=O) groups excluding carboxylic acids is 1. The highest BCUT2D eigenvalue weighted by Crippen LogP contribution is 2.23. The van der Waals surface area contributed by atoms with Crippen molar-refractivity contribution in [2.24, 2.45) is 0 Å². The van der Waals surface area contributed by atoms with Gasteiger partial charge in [-0.25, -0.2) is 0 Å². The second-order valence-electron chi connectivity index (χ2n) is 2.54. The summed E-state index contributed by atoms with van der Waals surface area (Å²) in [6, 6.07) is 7.49. The Bertz CT molecular complexity index is 286. The summed E-state index contributed by atoms with van der Waals surface area (Å²) in [6.45, 7) is 2.56. The Hall–Kier alpha value is -0.830. The molecule has 0 saturated carbocycles. The highest BCUT2D eigenvalue weighted by Gasteiger charge is 2.05. The fourth-order valence-electron chi connectivity index (χ4n) is 1.02. The van der Waals surface area contributed by atoms with Gasteiger partial charge in [0.1, 0.15) is 12.0 Å². The first-order valence-electron chi connectivity index (χ1n) is 4.10. The second kappa shape index (κ2) is 5.02. The Labute approximate surface area is 86.0 Å². The van der Waals surface area contributed by atoms with Gasteiger partial charge in [-0.1, -0.05) is 28.1 Å². The fraction of sp³-hybridized carbons (Fsp3) is 0.300. The van der Waals surface area contributed by atoms with Crippen molar-refractivity contribution in [1.82, 2.24) is 0 Å². The molecular formula is C10H11BrO2. The lowest BCUT2D eigenvalue weighted by Gasteiger charge is -2.06. The Balaban J connectivity index is 2.84. The third kappa shape index (κ3) is 2.84. The molecule has 13 heavy (non-hydrogen) atoms. The zero-order valence-electron chi connectivity index (χ0n) is 7.37. The molecule has 0 fully saturated rings. The molecule has 0 bridgehead atoms. The first kappa shape index (κ1) is 10.3. The third-order valence-electron chi connectivity index (χ3n) is 1.61. The maximum Gasteiger partial charge on any atom is 0.138 e. The molecule has 70 valence electrons. The predicted molar refractivity (Wildman–Crippen MR) is 55.3 cm³/mol. The molecule has 0 aliphatic heterocycles. The standard InChI is InChI=1S/C10H11BrO2/c1-2-13-9-5-3-4-8(6-9)10(11)7-12/h3-7,10H,2H2,1H3. The summed E-state index contributed by atoms with van der Waals surface area (Å²) in [5.41, 5.74) is 0.918. The van der Waals surface area contributed by atoms with E-state index in [0.29, 0.717) is 6.61 Å². The number of hydrogen-bond donors (Lipinski definition) is 0. The van der Waals surface area contributed by atoms with Crippen LogP contribution in [0.25, 0.3) is 0 Å². The van der Waals surface area contributed by atoms with Gasteiger partial charge in [-0.2, -0.15) is 0 Å². The summed E-state index contributed by atoms with van der Waals surface area (Å²) < 4.78 is 5.30. The van der Waals surface area contributed by atoms with Gasteiger partial charge in [-0.3, -0.25) is 0 Å². The molecule has 1 rings (SSSR count). The van der Waals surface area contributed by atoms with Crippen LogP contribution in [0.5, 0.6) is 5.75 Å². The maximum atomic E-state index is 10.5. The minimum absolute atomic E-state index is 0.243. The predicted octanol–water partition coefficient (Wildman–Crippen LogP) is 2.72. The average Bonchev–Trinajstić information content (AvgIpc) is 2.18. The van der Waals surface area contributed by atoms with Gasteiger partial charge in [0.2, 0.25) is 0 Å². The number of benzene rings is 1. The SMILES string of the molecule is CCOc1cccc(C(Br)C=O)c1. The van der Waals surface area contributed by atoms with Crippen molar-refractivity contribution in [1.29, 1.82) is 0 Å². The van der Waals surface area contributed by atoms with E-state index in [4.69, 9.17) is 4.74 Å². The highest BCUT2D eigenvalue weighted by molar-refractivity contribution is 9.09. The van der Waals surface area contributed by atoms with Gasteiger partial charge in [0, 0.05) is 0 Å². The molecule has 0 aliphatic carbocycles. The zero-order valence-corrected chi connectivity index (χ0v) is 8.95. The van der Waals surface area contributed by atoms with Gasteiger partial charge >= 0.3 is 0 Å². The zero-order chi connectivity index (χ0) is 9.68. The lowest BCUT2D eigenvalue weighted by molar-refractivity contribution is -0.107. The van der Waals surface area contributed by atoms with E-state index in [9.17, 15) is 4.79 Å². The van der Waals surface area contributed by atoms with Crippen molar-refractivity contribution < 1.29 is 9.53 Å². The van der Waals surface area contributed by atoms with Gasteiger partial charge < -0.3 is 9.53 Å². The van der Waals surface area contributed by atoms with E-state index in [1.807, 2.05) is 31.2 Å². The minimum Gasteiger partial charge on any atom is -0.494 e. The number of alkyl halides is 1. The van der Waals surface area contributed by atoms with Crippen LogP contribution in [0.4, 0.5) is 0 Å². The molecule has 0 aromatic heterocycles. The van der Waals surface area contributed by atoms with Crippen molar-refractivity contribution in [3.63, 3.8) is 0 Å². The number of rotatable bonds is 4. The second-order valence-corrected chi connectivity index (χ2v) is 3.53.